The van der Waals surface area contributed by atoms with Gasteiger partial charge < -0.3 is 0 Å². The van der Waals surface area contributed by atoms with Gasteiger partial charge in [0.2, 0.25) is 0 Å². The van der Waals surface area contributed by atoms with Gasteiger partial charge in [0, 0.05) is 0 Å². The van der Waals surface area contributed by atoms with Crippen molar-refractivity contribution in [2.75, 3.05) is 41.8 Å². The van der Waals surface area contributed by atoms with E-state index in [-0.39, 0.29) is 0 Å². The highest BCUT2D eigenvalue weighted by atomic mass is 15.4. The third-order valence-corrected chi connectivity index (χ3v) is 4.49. The van der Waals surface area contributed by atoms with E-state index in [0.717, 1.165) is 6.54 Å². The van der Waals surface area contributed by atoms with Gasteiger partial charge in [-0.05, 0) is 6.42 Å². The predicted octanol–water partition coefficient (Wildman–Crippen LogP) is 4.81. The number of rotatable bonds is 13. The summed E-state index contributed by atoms with van der Waals surface area (Å²) in [6.45, 7) is 3.45. The van der Waals surface area contributed by atoms with Gasteiger partial charge in [-0.3, -0.25) is 14.4 Å². The van der Waals surface area contributed by atoms with Crippen molar-refractivity contribution in [1.29, 1.82) is 0 Å². The fourth-order valence-electron chi connectivity index (χ4n) is 3.37. The molecule has 0 heterocycles. The van der Waals surface area contributed by atoms with Gasteiger partial charge in [0.1, 0.15) is 0 Å². The van der Waals surface area contributed by atoms with Gasteiger partial charge in [0.15, 0.2) is 0 Å². The monoisotopic (exact) mass is 326 g/mol. The van der Waals surface area contributed by atoms with Crippen molar-refractivity contribution >= 4 is 5.96 Å². The van der Waals surface area contributed by atoms with Gasteiger partial charge in [-0.1, -0.05) is 77.6 Å². The van der Waals surface area contributed by atoms with E-state index in [0.29, 0.717) is 0 Å². The molecule has 0 saturated heterocycles. The molecule has 0 aliphatic carbocycles. The van der Waals surface area contributed by atoms with Crippen molar-refractivity contribution in [3.05, 3.63) is 0 Å². The van der Waals surface area contributed by atoms with Crippen LogP contribution in [0.1, 0.15) is 84.0 Å². The average molecular weight is 327 g/mol. The largest absolute Gasteiger partial charge is 0.349 e. The molecule has 0 aliphatic heterocycles. The van der Waals surface area contributed by atoms with Crippen LogP contribution >= 0.6 is 0 Å². The molecule has 0 rings (SSSR count). The second kappa shape index (κ2) is 14.8. The molecule has 0 aliphatic rings. The van der Waals surface area contributed by atoms with E-state index in [1.54, 1.807) is 0 Å². The molecular formula is C20H44N3+. The summed E-state index contributed by atoms with van der Waals surface area (Å²) in [5.74, 6) is 1.29. The third kappa shape index (κ3) is 12.4. The summed E-state index contributed by atoms with van der Waals surface area (Å²) in [6, 6.07) is 0. The molecule has 3 nitrogen and oxygen atoms in total. The van der Waals surface area contributed by atoms with Crippen LogP contribution in [0.4, 0.5) is 0 Å². The van der Waals surface area contributed by atoms with Crippen molar-refractivity contribution in [1.82, 2.24) is 9.80 Å². The Bertz CT molecular complexity index is 293. The van der Waals surface area contributed by atoms with Crippen LogP contribution in [-0.2, 0) is 0 Å². The van der Waals surface area contributed by atoms with Gasteiger partial charge in [-0.15, -0.1) is 0 Å². The van der Waals surface area contributed by atoms with E-state index in [1.807, 2.05) is 0 Å². The molecule has 138 valence electrons. The van der Waals surface area contributed by atoms with Crippen LogP contribution in [0.5, 0.6) is 0 Å². The zero-order valence-electron chi connectivity index (χ0n) is 17.0. The number of nitrogens with zero attached hydrogens (tertiary/aromatic N) is 3. The van der Waals surface area contributed by atoms with Crippen molar-refractivity contribution < 1.29 is 4.58 Å². The molecule has 0 N–H and O–H groups in total. The molecule has 0 amide bonds. The second-order valence-electron chi connectivity index (χ2n) is 7.40. The standard InChI is InChI=1S/C20H44N3/c1-7-8-9-10-11-12-13-14-15-16-17-18-19-23(6)20(21(2)3)22(4)5/h7-19H2,1-6H3/q+1. The lowest BCUT2D eigenvalue weighted by atomic mass is 10.1. The van der Waals surface area contributed by atoms with Crippen molar-refractivity contribution in [2.45, 2.75) is 84.0 Å². The number of guanidine groups is 1. The maximum absolute atomic E-state index is 2.37. The van der Waals surface area contributed by atoms with Gasteiger partial charge in [-0.2, -0.15) is 0 Å². The molecule has 0 aromatic heterocycles. The molecule has 23 heavy (non-hydrogen) atoms. The molecule has 0 aromatic rings. The normalized spacial score (nSPS) is 10.7. The van der Waals surface area contributed by atoms with Crippen molar-refractivity contribution in [3.63, 3.8) is 0 Å². The van der Waals surface area contributed by atoms with E-state index in [4.69, 9.17) is 0 Å². The van der Waals surface area contributed by atoms with Crippen LogP contribution in [-0.4, -0.2) is 62.1 Å². The van der Waals surface area contributed by atoms with Crippen molar-refractivity contribution in [2.24, 2.45) is 0 Å². The maximum Gasteiger partial charge on any atom is 0.349 e. The molecule has 0 radical (unpaired) electrons. The first-order chi connectivity index (χ1) is 11.0. The molecule has 0 saturated carbocycles. The lowest BCUT2D eigenvalue weighted by molar-refractivity contribution is -0.475. The van der Waals surface area contributed by atoms with Crippen LogP contribution < -0.4 is 0 Å². The molecule has 3 heteroatoms. The molecule has 0 spiro atoms. The second-order valence-corrected chi connectivity index (χ2v) is 7.40. The minimum atomic E-state index is 1.16. The summed E-state index contributed by atoms with van der Waals surface area (Å²) < 4.78 is 2.19. The summed E-state index contributed by atoms with van der Waals surface area (Å²) in [5.41, 5.74) is 0. The van der Waals surface area contributed by atoms with E-state index < -0.39 is 0 Å². The van der Waals surface area contributed by atoms with E-state index >= 15 is 0 Å². The Morgan fingerprint density at radius 1 is 0.652 bits per heavy atom. The molecule has 0 unspecified atom stereocenters. The molecule has 0 atom stereocenters. The minimum Gasteiger partial charge on any atom is -0.270 e. The maximum atomic E-state index is 2.37. The summed E-state index contributed by atoms with van der Waals surface area (Å²) in [4.78, 5) is 4.57. The SMILES string of the molecule is CCCCCCCCCCCCCCN(C)C(N(C)C)=[N+](C)C. The van der Waals surface area contributed by atoms with Crippen LogP contribution in [0, 0.1) is 0 Å². The Morgan fingerprint density at radius 2 is 1.04 bits per heavy atom. The van der Waals surface area contributed by atoms with Crippen LogP contribution in [0.15, 0.2) is 0 Å². The summed E-state index contributed by atoms with van der Waals surface area (Å²) >= 11 is 0. The highest BCUT2D eigenvalue weighted by molar-refractivity contribution is 5.74. The molecule has 0 fully saturated rings. The van der Waals surface area contributed by atoms with E-state index in [9.17, 15) is 0 Å². The lowest BCUT2D eigenvalue weighted by Crippen LogP contribution is -2.43. The first kappa shape index (κ1) is 22.3. The third-order valence-electron chi connectivity index (χ3n) is 4.49. The average Bonchev–Trinajstić information content (AvgIpc) is 2.47. The topological polar surface area (TPSA) is 9.49 Å². The van der Waals surface area contributed by atoms with Gasteiger partial charge in [-0.25, -0.2) is 0 Å². The zero-order chi connectivity index (χ0) is 17.5. The number of hydrogen-bond donors (Lipinski definition) is 0. The lowest BCUT2D eigenvalue weighted by Gasteiger charge is -2.21. The first-order valence-corrected chi connectivity index (χ1v) is 9.93. The van der Waals surface area contributed by atoms with Gasteiger partial charge in [0.05, 0.1) is 41.8 Å². The number of unbranched alkanes of at least 4 members (excludes halogenated alkanes) is 11. The molecule has 0 aromatic carbocycles. The Kier molecular flexibility index (Phi) is 14.4. The minimum absolute atomic E-state index is 1.16. The zero-order valence-corrected chi connectivity index (χ0v) is 17.0. The summed E-state index contributed by atoms with van der Waals surface area (Å²) in [7, 11) is 10.7. The van der Waals surface area contributed by atoms with Gasteiger partial charge in [0.25, 0.3) is 0 Å². The van der Waals surface area contributed by atoms with Gasteiger partial charge >= 0.3 is 5.96 Å². The van der Waals surface area contributed by atoms with Crippen LogP contribution in [0.2, 0.25) is 0 Å². The summed E-state index contributed by atoms with van der Waals surface area (Å²) in [6.07, 6.45) is 17.0. The Labute approximate surface area is 146 Å². The van der Waals surface area contributed by atoms with Crippen LogP contribution in [0.25, 0.3) is 0 Å². The Morgan fingerprint density at radius 3 is 1.39 bits per heavy atom. The smallest absolute Gasteiger partial charge is 0.270 e. The van der Waals surface area contributed by atoms with E-state index in [2.05, 4.69) is 56.5 Å². The van der Waals surface area contributed by atoms with E-state index in [1.165, 1.54) is 83.0 Å². The quantitative estimate of drug-likeness (QED) is 0.208. The highest BCUT2D eigenvalue weighted by Gasteiger charge is 2.17. The predicted molar refractivity (Wildman–Crippen MR) is 105 cm³/mol. The van der Waals surface area contributed by atoms with Crippen molar-refractivity contribution in [3.8, 4) is 0 Å². The number of hydrogen-bond acceptors (Lipinski definition) is 0. The Balaban J connectivity index is 3.47. The fourth-order valence-corrected chi connectivity index (χ4v) is 3.37. The molecular weight excluding hydrogens is 282 g/mol. The Hall–Kier alpha value is -0.730. The fraction of sp³-hybridized carbons (Fsp3) is 0.950. The summed E-state index contributed by atoms with van der Waals surface area (Å²) in [5, 5.41) is 0. The first-order valence-electron chi connectivity index (χ1n) is 9.93. The highest BCUT2D eigenvalue weighted by Crippen LogP contribution is 2.12. The van der Waals surface area contributed by atoms with Crippen LogP contribution in [0.3, 0.4) is 0 Å². The molecule has 0 bridgehead atoms.